The first-order valence-electron chi connectivity index (χ1n) is 17.8. The van der Waals surface area contributed by atoms with Crippen LogP contribution in [0, 0.1) is 11.3 Å². The average Bonchev–Trinajstić information content (AvgIpc) is 3.88. The molecular formula is C49H29N3O. The lowest BCUT2D eigenvalue weighted by Crippen LogP contribution is -2.00. The summed E-state index contributed by atoms with van der Waals surface area (Å²) < 4.78 is 11.4. The summed E-state index contributed by atoms with van der Waals surface area (Å²) in [4.78, 5) is 0. The van der Waals surface area contributed by atoms with Crippen LogP contribution in [0.4, 0.5) is 0 Å². The summed E-state index contributed by atoms with van der Waals surface area (Å²) in [5.74, 6) is 0. The first kappa shape index (κ1) is 29.4. The van der Waals surface area contributed by atoms with Gasteiger partial charge in [0, 0.05) is 38.3 Å². The first-order chi connectivity index (χ1) is 26.2. The van der Waals surface area contributed by atoms with Crippen molar-refractivity contribution in [2.45, 2.75) is 0 Å². The third-order valence-electron chi connectivity index (χ3n) is 10.7. The van der Waals surface area contributed by atoms with E-state index in [1.165, 1.54) is 10.8 Å². The minimum Gasteiger partial charge on any atom is -0.455 e. The largest absolute Gasteiger partial charge is 0.455 e. The number of rotatable bonds is 4. The van der Waals surface area contributed by atoms with Gasteiger partial charge in [0.1, 0.15) is 11.2 Å². The van der Waals surface area contributed by atoms with Crippen LogP contribution in [0.2, 0.25) is 0 Å². The molecule has 0 fully saturated rings. The predicted octanol–water partition coefficient (Wildman–Crippen LogP) is 13.0. The lowest BCUT2D eigenvalue weighted by Gasteiger charge is -2.16. The van der Waals surface area contributed by atoms with Gasteiger partial charge in [-0.05, 0) is 89.0 Å². The number of nitriles is 1. The normalized spacial score (nSPS) is 11.8. The second-order valence-corrected chi connectivity index (χ2v) is 13.7. The molecule has 0 spiro atoms. The zero-order valence-corrected chi connectivity index (χ0v) is 28.5. The summed E-state index contributed by atoms with van der Waals surface area (Å²) >= 11 is 0. The lowest BCUT2D eigenvalue weighted by atomic mass is 9.98. The van der Waals surface area contributed by atoms with Gasteiger partial charge in [-0.25, -0.2) is 0 Å². The zero-order chi connectivity index (χ0) is 35.0. The summed E-state index contributed by atoms with van der Waals surface area (Å²) in [6, 6.07) is 64.4. The van der Waals surface area contributed by atoms with Gasteiger partial charge < -0.3 is 13.6 Å². The van der Waals surface area contributed by atoms with Crippen molar-refractivity contribution in [1.82, 2.24) is 9.13 Å². The molecule has 0 amide bonds. The summed E-state index contributed by atoms with van der Waals surface area (Å²) in [5, 5.41) is 16.5. The average molecular weight is 676 g/mol. The van der Waals surface area contributed by atoms with E-state index < -0.39 is 0 Å². The number of aromatic nitrogens is 2. The molecular weight excluding hydrogens is 647 g/mol. The quantitative estimate of drug-likeness (QED) is 0.186. The second kappa shape index (κ2) is 11.3. The van der Waals surface area contributed by atoms with E-state index in [4.69, 9.17) is 4.42 Å². The maximum Gasteiger partial charge on any atom is 0.145 e. The van der Waals surface area contributed by atoms with Crippen LogP contribution < -0.4 is 0 Å². The molecule has 0 aliphatic carbocycles. The van der Waals surface area contributed by atoms with Crippen molar-refractivity contribution in [1.29, 1.82) is 5.26 Å². The van der Waals surface area contributed by atoms with Crippen LogP contribution in [0.5, 0.6) is 0 Å². The number of hydrogen-bond acceptors (Lipinski definition) is 2. The fraction of sp³-hybridized carbons (Fsp3) is 0. The fourth-order valence-electron chi connectivity index (χ4n) is 8.36. The molecule has 0 saturated heterocycles. The summed E-state index contributed by atoms with van der Waals surface area (Å²) in [5.41, 5.74) is 13.4. The first-order valence-corrected chi connectivity index (χ1v) is 17.8. The van der Waals surface area contributed by atoms with Crippen LogP contribution in [0.15, 0.2) is 180 Å². The van der Waals surface area contributed by atoms with E-state index in [-0.39, 0.29) is 0 Å². The Morgan fingerprint density at radius 2 is 0.962 bits per heavy atom. The van der Waals surface area contributed by atoms with Gasteiger partial charge in [-0.2, -0.15) is 5.26 Å². The van der Waals surface area contributed by atoms with Gasteiger partial charge in [0.15, 0.2) is 0 Å². The zero-order valence-electron chi connectivity index (χ0n) is 28.5. The Bertz CT molecular complexity index is 3240. The highest BCUT2D eigenvalue weighted by molar-refractivity contribution is 6.24. The van der Waals surface area contributed by atoms with Crippen LogP contribution in [0.25, 0.3) is 99.2 Å². The summed E-state index contributed by atoms with van der Waals surface area (Å²) in [7, 11) is 0. The van der Waals surface area contributed by atoms with Gasteiger partial charge in [-0.1, -0.05) is 109 Å². The van der Waals surface area contributed by atoms with E-state index in [9.17, 15) is 5.26 Å². The van der Waals surface area contributed by atoms with Crippen molar-refractivity contribution in [3.63, 3.8) is 0 Å². The molecule has 8 aromatic carbocycles. The van der Waals surface area contributed by atoms with E-state index >= 15 is 0 Å². The Balaban J connectivity index is 1.20. The van der Waals surface area contributed by atoms with Crippen molar-refractivity contribution in [3.05, 3.63) is 181 Å². The Labute approximate surface area is 304 Å². The van der Waals surface area contributed by atoms with E-state index in [0.717, 1.165) is 88.4 Å². The number of benzene rings is 8. The minimum absolute atomic E-state index is 0.654. The van der Waals surface area contributed by atoms with E-state index in [2.05, 4.69) is 161 Å². The lowest BCUT2D eigenvalue weighted by molar-refractivity contribution is 0.673. The molecule has 0 unspecified atom stereocenters. The summed E-state index contributed by atoms with van der Waals surface area (Å²) in [6.07, 6.45) is 0. The Kier molecular flexibility index (Phi) is 6.28. The topological polar surface area (TPSA) is 46.8 Å². The molecule has 0 bridgehead atoms. The van der Waals surface area contributed by atoms with Crippen molar-refractivity contribution in [2.75, 3.05) is 0 Å². The number of para-hydroxylation sites is 4. The molecule has 3 aromatic heterocycles. The second-order valence-electron chi connectivity index (χ2n) is 13.7. The van der Waals surface area contributed by atoms with Crippen LogP contribution >= 0.6 is 0 Å². The Hall–Kier alpha value is -7.35. The Morgan fingerprint density at radius 3 is 1.64 bits per heavy atom. The molecule has 0 atom stereocenters. The maximum absolute atomic E-state index is 9.50. The number of furan rings is 1. The smallest absolute Gasteiger partial charge is 0.145 e. The highest BCUT2D eigenvalue weighted by Crippen LogP contribution is 2.42. The third-order valence-corrected chi connectivity index (χ3v) is 10.7. The molecule has 246 valence electrons. The number of fused-ring (bicyclic) bond motifs is 10. The highest BCUT2D eigenvalue weighted by atomic mass is 16.3. The molecule has 0 saturated carbocycles. The van der Waals surface area contributed by atoms with Crippen molar-refractivity contribution >= 4 is 65.6 Å². The summed E-state index contributed by atoms with van der Waals surface area (Å²) in [6.45, 7) is 0. The van der Waals surface area contributed by atoms with E-state index in [0.29, 0.717) is 5.56 Å². The maximum atomic E-state index is 9.50. The molecule has 11 rings (SSSR count). The SMILES string of the molecule is N#Cc1cccc(-c2ccc(-c3cc(-n4c5ccccc5c5ccccc54)cc(-n4c5ccccc5c5c6oc7ccccc7c6ccc54)c3)cc2)c1. The molecule has 4 heteroatoms. The predicted molar refractivity (Wildman–Crippen MR) is 218 cm³/mol. The molecule has 53 heavy (non-hydrogen) atoms. The van der Waals surface area contributed by atoms with Gasteiger partial charge in [0.25, 0.3) is 0 Å². The van der Waals surface area contributed by atoms with E-state index in [1.54, 1.807) is 0 Å². The van der Waals surface area contributed by atoms with Crippen LogP contribution in [0.3, 0.4) is 0 Å². The van der Waals surface area contributed by atoms with Gasteiger partial charge in [-0.3, -0.25) is 0 Å². The van der Waals surface area contributed by atoms with Crippen LogP contribution in [-0.4, -0.2) is 9.13 Å². The van der Waals surface area contributed by atoms with Gasteiger partial charge >= 0.3 is 0 Å². The van der Waals surface area contributed by atoms with Crippen LogP contribution in [0.1, 0.15) is 5.56 Å². The molecule has 0 N–H and O–H groups in total. The molecule has 0 radical (unpaired) electrons. The van der Waals surface area contributed by atoms with Gasteiger partial charge in [0.2, 0.25) is 0 Å². The molecule has 11 aromatic rings. The van der Waals surface area contributed by atoms with Crippen molar-refractivity contribution in [2.24, 2.45) is 0 Å². The Morgan fingerprint density at radius 1 is 0.396 bits per heavy atom. The molecule has 0 aliphatic rings. The van der Waals surface area contributed by atoms with Gasteiger partial charge in [-0.15, -0.1) is 0 Å². The molecule has 3 heterocycles. The molecule has 0 aliphatic heterocycles. The van der Waals surface area contributed by atoms with Gasteiger partial charge in [0.05, 0.1) is 39.1 Å². The number of nitrogens with zero attached hydrogens (tertiary/aromatic N) is 3. The highest BCUT2D eigenvalue weighted by Gasteiger charge is 2.20. The monoisotopic (exact) mass is 675 g/mol. The van der Waals surface area contributed by atoms with Crippen LogP contribution in [-0.2, 0) is 0 Å². The third kappa shape index (κ3) is 4.41. The van der Waals surface area contributed by atoms with E-state index in [1.807, 2.05) is 30.3 Å². The fourth-order valence-corrected chi connectivity index (χ4v) is 8.36. The molecule has 4 nitrogen and oxygen atoms in total. The van der Waals surface area contributed by atoms with Crippen molar-refractivity contribution in [3.8, 4) is 39.7 Å². The number of hydrogen-bond donors (Lipinski definition) is 0. The standard InChI is InChI=1S/C49H29N3O/c50-30-31-10-9-11-34(26-31)32-20-22-33(23-21-32)35-27-36(51-43-16-5-1-12-38(43)39-13-2-6-17-44(39)51)29-37(28-35)52-45-18-7-3-15-42(45)48-46(52)25-24-41-40-14-4-8-19-47(40)53-49(41)48/h1-29H. The minimum atomic E-state index is 0.654. The van der Waals surface area contributed by atoms with Crippen molar-refractivity contribution < 1.29 is 4.42 Å².